The van der Waals surface area contributed by atoms with E-state index < -0.39 is 0 Å². The lowest BCUT2D eigenvalue weighted by Crippen LogP contribution is -2.26. The molecule has 1 aliphatic carbocycles. The minimum absolute atomic E-state index is 0.142. The Kier molecular flexibility index (Phi) is 4.55. The minimum atomic E-state index is -0.142. The number of hydrogen-bond donors (Lipinski definition) is 1. The van der Waals surface area contributed by atoms with E-state index in [0.717, 1.165) is 19.0 Å². The Bertz CT molecular complexity index is 329. The van der Waals surface area contributed by atoms with Crippen LogP contribution in [0.4, 0.5) is 4.39 Å². The van der Waals surface area contributed by atoms with Crippen LogP contribution in [0.25, 0.3) is 0 Å². The summed E-state index contributed by atoms with van der Waals surface area (Å²) in [6.45, 7) is 3.34. The van der Waals surface area contributed by atoms with Crippen molar-refractivity contribution in [1.29, 1.82) is 0 Å². The maximum absolute atomic E-state index is 12.8. The van der Waals surface area contributed by atoms with Crippen LogP contribution in [0.15, 0.2) is 24.3 Å². The van der Waals surface area contributed by atoms with Crippen molar-refractivity contribution in [2.24, 2.45) is 5.92 Å². The highest BCUT2D eigenvalue weighted by Gasteiger charge is 2.21. The molecule has 1 saturated carbocycles. The molecule has 17 heavy (non-hydrogen) atoms. The number of rotatable bonds is 7. The zero-order valence-corrected chi connectivity index (χ0v) is 10.6. The Morgan fingerprint density at radius 2 is 2.00 bits per heavy atom. The molecule has 0 aromatic heterocycles. The quantitative estimate of drug-likeness (QED) is 0.762. The molecule has 2 heteroatoms. The van der Waals surface area contributed by atoms with Gasteiger partial charge in [0, 0.05) is 6.04 Å². The van der Waals surface area contributed by atoms with Crippen LogP contribution in [0.5, 0.6) is 0 Å². The average molecular weight is 235 g/mol. The van der Waals surface area contributed by atoms with Gasteiger partial charge in [0.1, 0.15) is 5.82 Å². The van der Waals surface area contributed by atoms with Crippen molar-refractivity contribution < 1.29 is 4.39 Å². The summed E-state index contributed by atoms with van der Waals surface area (Å²) in [4.78, 5) is 0. The van der Waals surface area contributed by atoms with Crippen molar-refractivity contribution in [3.8, 4) is 0 Å². The second kappa shape index (κ2) is 6.15. The lowest BCUT2D eigenvalue weighted by atomic mass is 9.95. The van der Waals surface area contributed by atoms with Gasteiger partial charge in [-0.15, -0.1) is 0 Å². The molecule has 1 nitrogen and oxygen atoms in total. The second-order valence-corrected chi connectivity index (χ2v) is 5.17. The standard InChI is InChI=1S/C15H22FN/c1-2-3-13(11-17-15-8-9-15)10-12-4-6-14(16)7-5-12/h4-7,13,15,17H,2-3,8-11H2,1H3. The highest BCUT2D eigenvalue weighted by Crippen LogP contribution is 2.20. The van der Waals surface area contributed by atoms with E-state index in [9.17, 15) is 4.39 Å². The van der Waals surface area contributed by atoms with Crippen molar-refractivity contribution in [3.63, 3.8) is 0 Å². The predicted octanol–water partition coefficient (Wildman–Crippen LogP) is 3.54. The van der Waals surface area contributed by atoms with Gasteiger partial charge in [-0.2, -0.15) is 0 Å². The van der Waals surface area contributed by atoms with Crippen LogP contribution >= 0.6 is 0 Å². The molecular weight excluding hydrogens is 213 g/mol. The summed E-state index contributed by atoms with van der Waals surface area (Å²) in [5, 5.41) is 3.60. The highest BCUT2D eigenvalue weighted by molar-refractivity contribution is 5.16. The predicted molar refractivity (Wildman–Crippen MR) is 69.5 cm³/mol. The highest BCUT2D eigenvalue weighted by atomic mass is 19.1. The van der Waals surface area contributed by atoms with E-state index >= 15 is 0 Å². The van der Waals surface area contributed by atoms with Gasteiger partial charge in [0.2, 0.25) is 0 Å². The van der Waals surface area contributed by atoms with Crippen LogP contribution < -0.4 is 5.32 Å². The Morgan fingerprint density at radius 1 is 1.29 bits per heavy atom. The molecule has 1 fully saturated rings. The SMILES string of the molecule is CCCC(CNC1CC1)Cc1ccc(F)cc1. The molecule has 1 N–H and O–H groups in total. The summed E-state index contributed by atoms with van der Waals surface area (Å²) in [6.07, 6.45) is 6.22. The zero-order valence-electron chi connectivity index (χ0n) is 10.6. The molecular formula is C15H22FN. The molecule has 1 aromatic rings. The van der Waals surface area contributed by atoms with E-state index in [1.54, 1.807) is 12.1 Å². The second-order valence-electron chi connectivity index (χ2n) is 5.17. The van der Waals surface area contributed by atoms with Gasteiger partial charge in [0.15, 0.2) is 0 Å². The fraction of sp³-hybridized carbons (Fsp3) is 0.600. The number of nitrogens with one attached hydrogen (secondary N) is 1. The van der Waals surface area contributed by atoms with Crippen molar-refractivity contribution in [1.82, 2.24) is 5.32 Å². The smallest absolute Gasteiger partial charge is 0.123 e. The van der Waals surface area contributed by atoms with Crippen LogP contribution in [0, 0.1) is 11.7 Å². The molecule has 94 valence electrons. The van der Waals surface area contributed by atoms with Crippen LogP contribution in [0.3, 0.4) is 0 Å². The first-order valence-electron chi connectivity index (χ1n) is 6.75. The van der Waals surface area contributed by atoms with E-state index in [1.165, 1.54) is 31.2 Å². The van der Waals surface area contributed by atoms with E-state index in [2.05, 4.69) is 12.2 Å². The van der Waals surface area contributed by atoms with Gasteiger partial charge in [-0.3, -0.25) is 0 Å². The lowest BCUT2D eigenvalue weighted by molar-refractivity contribution is 0.437. The first-order chi connectivity index (χ1) is 8.28. The fourth-order valence-corrected chi connectivity index (χ4v) is 2.26. The third-order valence-corrected chi connectivity index (χ3v) is 3.41. The average Bonchev–Trinajstić information content (AvgIpc) is 3.13. The van der Waals surface area contributed by atoms with Gasteiger partial charge in [0.05, 0.1) is 0 Å². The lowest BCUT2D eigenvalue weighted by Gasteiger charge is -2.17. The van der Waals surface area contributed by atoms with E-state index in [1.807, 2.05) is 12.1 Å². The molecule has 0 saturated heterocycles. The Hall–Kier alpha value is -0.890. The third kappa shape index (κ3) is 4.47. The van der Waals surface area contributed by atoms with Crippen molar-refractivity contribution in [3.05, 3.63) is 35.6 Å². The van der Waals surface area contributed by atoms with Gasteiger partial charge < -0.3 is 5.32 Å². The number of hydrogen-bond acceptors (Lipinski definition) is 1. The first-order valence-corrected chi connectivity index (χ1v) is 6.75. The summed E-state index contributed by atoms with van der Waals surface area (Å²) in [5.41, 5.74) is 1.25. The van der Waals surface area contributed by atoms with Crippen LogP contribution in [-0.4, -0.2) is 12.6 Å². The molecule has 1 aromatic carbocycles. The molecule has 0 radical (unpaired) electrons. The van der Waals surface area contributed by atoms with Crippen LogP contribution in [0.2, 0.25) is 0 Å². The Morgan fingerprint density at radius 3 is 2.59 bits per heavy atom. The fourth-order valence-electron chi connectivity index (χ4n) is 2.26. The molecule has 0 heterocycles. The molecule has 1 unspecified atom stereocenters. The summed E-state index contributed by atoms with van der Waals surface area (Å²) in [7, 11) is 0. The van der Waals surface area contributed by atoms with Crippen molar-refractivity contribution >= 4 is 0 Å². The van der Waals surface area contributed by atoms with E-state index in [0.29, 0.717) is 5.92 Å². The van der Waals surface area contributed by atoms with Gasteiger partial charge in [0.25, 0.3) is 0 Å². The maximum Gasteiger partial charge on any atom is 0.123 e. The summed E-state index contributed by atoms with van der Waals surface area (Å²) in [5.74, 6) is 0.544. The summed E-state index contributed by atoms with van der Waals surface area (Å²) >= 11 is 0. The Labute approximate surface area is 103 Å². The third-order valence-electron chi connectivity index (χ3n) is 3.41. The normalized spacial score (nSPS) is 17.1. The molecule has 0 bridgehead atoms. The molecule has 0 amide bonds. The van der Waals surface area contributed by atoms with E-state index in [4.69, 9.17) is 0 Å². The largest absolute Gasteiger partial charge is 0.314 e. The summed E-state index contributed by atoms with van der Waals surface area (Å²) in [6, 6.07) is 7.73. The topological polar surface area (TPSA) is 12.0 Å². The molecule has 0 spiro atoms. The molecule has 0 aliphatic heterocycles. The number of benzene rings is 1. The first kappa shape index (κ1) is 12.6. The molecule has 2 rings (SSSR count). The zero-order chi connectivity index (χ0) is 12.1. The van der Waals surface area contributed by atoms with Crippen molar-refractivity contribution in [2.45, 2.75) is 45.1 Å². The number of halogens is 1. The monoisotopic (exact) mass is 235 g/mol. The van der Waals surface area contributed by atoms with E-state index in [-0.39, 0.29) is 5.82 Å². The van der Waals surface area contributed by atoms with Gasteiger partial charge in [-0.1, -0.05) is 25.5 Å². The Balaban J connectivity index is 1.84. The maximum atomic E-state index is 12.8. The van der Waals surface area contributed by atoms with Crippen LogP contribution in [-0.2, 0) is 6.42 Å². The van der Waals surface area contributed by atoms with Crippen molar-refractivity contribution in [2.75, 3.05) is 6.54 Å². The molecule has 1 atom stereocenters. The van der Waals surface area contributed by atoms with Gasteiger partial charge >= 0.3 is 0 Å². The van der Waals surface area contributed by atoms with Crippen LogP contribution in [0.1, 0.15) is 38.2 Å². The molecule has 1 aliphatic rings. The summed E-state index contributed by atoms with van der Waals surface area (Å²) < 4.78 is 12.8. The van der Waals surface area contributed by atoms with Gasteiger partial charge in [-0.25, -0.2) is 4.39 Å². The minimum Gasteiger partial charge on any atom is -0.314 e. The van der Waals surface area contributed by atoms with Gasteiger partial charge in [-0.05, 0) is 55.8 Å².